The van der Waals surface area contributed by atoms with Crippen molar-refractivity contribution in [2.45, 2.75) is 64.2 Å². The minimum Gasteiger partial charge on any atom is -0.429 e. The summed E-state index contributed by atoms with van der Waals surface area (Å²) >= 11 is 0. The third-order valence-corrected chi connectivity index (χ3v) is 9.50. The van der Waals surface area contributed by atoms with Gasteiger partial charge in [0.05, 0.1) is 10.9 Å². The number of halogens is 10. The average molecular weight is 679 g/mol. The number of hydrogen-bond acceptors (Lipinski definition) is 1. The summed E-state index contributed by atoms with van der Waals surface area (Å²) in [6.45, 7) is 2.28. The monoisotopic (exact) mass is 678 g/mol. The van der Waals surface area contributed by atoms with Gasteiger partial charge in [-0.15, -0.1) is 0 Å². The predicted octanol–water partition coefficient (Wildman–Crippen LogP) is 11.2. The Morgan fingerprint density at radius 3 is 2.04 bits per heavy atom. The van der Waals surface area contributed by atoms with Crippen LogP contribution in [-0.2, 0) is 19.0 Å². The smallest absolute Gasteiger partial charge is 0.429 e. The van der Waals surface area contributed by atoms with Gasteiger partial charge >= 0.3 is 12.3 Å². The summed E-state index contributed by atoms with van der Waals surface area (Å²) in [6.07, 6.45) is -2.20. The fourth-order valence-corrected chi connectivity index (χ4v) is 7.03. The normalized spacial score (nSPS) is 19.9. The second-order valence-corrected chi connectivity index (χ2v) is 12.7. The number of alkyl halides is 5. The first-order chi connectivity index (χ1) is 22.6. The molecule has 4 aromatic carbocycles. The van der Waals surface area contributed by atoms with E-state index in [4.69, 9.17) is 0 Å². The highest BCUT2D eigenvalue weighted by Gasteiger charge is 2.41. The lowest BCUT2D eigenvalue weighted by Crippen LogP contribution is -2.26. The van der Waals surface area contributed by atoms with Crippen LogP contribution in [0.25, 0.3) is 21.9 Å². The molecule has 1 unspecified atom stereocenters. The Labute approximate surface area is 269 Å². The minimum atomic E-state index is -5.10. The fraction of sp³-hybridized carbons (Fsp3) is 0.351. The molecule has 48 heavy (non-hydrogen) atoms. The van der Waals surface area contributed by atoms with Crippen LogP contribution in [-0.4, -0.2) is 6.18 Å². The molecule has 1 saturated carbocycles. The van der Waals surface area contributed by atoms with Gasteiger partial charge in [-0.25, -0.2) is 22.0 Å². The Balaban J connectivity index is 1.24. The van der Waals surface area contributed by atoms with Crippen LogP contribution in [0.4, 0.5) is 43.9 Å². The van der Waals surface area contributed by atoms with E-state index in [0.29, 0.717) is 35.5 Å². The standard InChI is InChI=1S/C37H28F10O/c1-19-2-4-20(5-3-19)21-6-7-23-13-24(9-8-22(23)12-21)25-15-31(40)34(32(41)16-25)37(46,47)48-27-14-26-17-29(38)28(10-11-36(43,44)45)35(42)33(26)30(39)18-27/h8-9,13-21H,2-7,12H2,1H3. The van der Waals surface area contributed by atoms with Crippen molar-refractivity contribution in [1.82, 2.24) is 0 Å². The number of aryl methyl sites for hydroxylation is 1. The van der Waals surface area contributed by atoms with E-state index in [0.717, 1.165) is 42.9 Å². The molecular formula is C37H28F10O. The van der Waals surface area contributed by atoms with Crippen LogP contribution >= 0.6 is 0 Å². The maximum absolute atomic E-state index is 15.2. The molecule has 0 bridgehead atoms. The third kappa shape index (κ3) is 6.85. The Morgan fingerprint density at radius 1 is 0.688 bits per heavy atom. The van der Waals surface area contributed by atoms with Crippen molar-refractivity contribution in [3.05, 3.63) is 99.9 Å². The van der Waals surface area contributed by atoms with Crippen molar-refractivity contribution in [3.8, 4) is 28.7 Å². The van der Waals surface area contributed by atoms with Gasteiger partial charge in [-0.2, -0.15) is 22.0 Å². The van der Waals surface area contributed by atoms with Crippen LogP contribution in [0.5, 0.6) is 5.75 Å². The lowest BCUT2D eigenvalue weighted by molar-refractivity contribution is -0.189. The summed E-state index contributed by atoms with van der Waals surface area (Å²) in [7, 11) is 0. The summed E-state index contributed by atoms with van der Waals surface area (Å²) < 4.78 is 146. The van der Waals surface area contributed by atoms with Crippen molar-refractivity contribution in [1.29, 1.82) is 0 Å². The first-order valence-electron chi connectivity index (χ1n) is 15.5. The summed E-state index contributed by atoms with van der Waals surface area (Å²) in [5.41, 5.74) is -0.505. The number of hydrogen-bond donors (Lipinski definition) is 0. The molecule has 252 valence electrons. The molecule has 0 radical (unpaired) electrons. The van der Waals surface area contributed by atoms with Crippen LogP contribution < -0.4 is 4.74 Å². The van der Waals surface area contributed by atoms with Crippen LogP contribution in [0, 0.1) is 58.7 Å². The number of rotatable bonds is 5. The average Bonchev–Trinajstić information content (AvgIpc) is 2.99. The second kappa shape index (κ2) is 12.7. The zero-order valence-corrected chi connectivity index (χ0v) is 25.5. The molecule has 0 saturated heterocycles. The van der Waals surface area contributed by atoms with E-state index in [9.17, 15) is 26.3 Å². The molecule has 2 aliphatic carbocycles. The highest BCUT2D eigenvalue weighted by Crippen LogP contribution is 2.42. The lowest BCUT2D eigenvalue weighted by Gasteiger charge is -2.35. The SMILES string of the molecule is CC1CCC(C2CCc3cc(-c4cc(F)c(C(F)(F)Oc5cc(F)c6c(F)c(C#CC(F)(F)F)c(F)cc6c5)c(F)c4)ccc3C2)CC1. The highest BCUT2D eigenvalue weighted by molar-refractivity contribution is 5.87. The quantitative estimate of drug-likeness (QED) is 0.151. The maximum Gasteiger partial charge on any atom is 0.458 e. The van der Waals surface area contributed by atoms with Crippen molar-refractivity contribution >= 4 is 10.8 Å². The molecule has 0 spiro atoms. The van der Waals surface area contributed by atoms with Crippen LogP contribution in [0.15, 0.2) is 48.5 Å². The third-order valence-electron chi connectivity index (χ3n) is 9.50. The Kier molecular flexibility index (Phi) is 8.90. The van der Waals surface area contributed by atoms with E-state index in [2.05, 4.69) is 11.7 Å². The highest BCUT2D eigenvalue weighted by atomic mass is 19.4. The Bertz CT molecular complexity index is 1920. The Morgan fingerprint density at radius 2 is 1.38 bits per heavy atom. The molecule has 1 fully saturated rings. The van der Waals surface area contributed by atoms with Gasteiger partial charge in [0.15, 0.2) is 5.82 Å². The van der Waals surface area contributed by atoms with Gasteiger partial charge in [-0.05, 0) is 102 Å². The summed E-state index contributed by atoms with van der Waals surface area (Å²) in [5, 5.41) is -1.76. The van der Waals surface area contributed by atoms with Gasteiger partial charge in [0.2, 0.25) is 0 Å². The van der Waals surface area contributed by atoms with Crippen LogP contribution in [0.1, 0.15) is 61.3 Å². The van der Waals surface area contributed by atoms with E-state index in [-0.39, 0.29) is 11.6 Å². The van der Waals surface area contributed by atoms with Crippen molar-refractivity contribution in [3.63, 3.8) is 0 Å². The van der Waals surface area contributed by atoms with E-state index in [1.165, 1.54) is 37.2 Å². The maximum atomic E-state index is 15.2. The summed E-state index contributed by atoms with van der Waals surface area (Å²) in [5.74, 6) is -5.47. The van der Waals surface area contributed by atoms with Gasteiger partial charge in [0.25, 0.3) is 0 Å². The van der Waals surface area contributed by atoms with Crippen LogP contribution in [0.2, 0.25) is 0 Å². The zero-order chi connectivity index (χ0) is 34.5. The molecular weight excluding hydrogens is 650 g/mol. The molecule has 0 amide bonds. The first-order valence-corrected chi connectivity index (χ1v) is 15.5. The molecule has 1 atom stereocenters. The number of fused-ring (bicyclic) bond motifs is 2. The first kappa shape index (κ1) is 33.7. The van der Waals surface area contributed by atoms with Crippen molar-refractivity contribution < 1.29 is 48.6 Å². The van der Waals surface area contributed by atoms with Crippen molar-refractivity contribution in [2.24, 2.45) is 17.8 Å². The Hall–Kier alpha value is -4.20. The summed E-state index contributed by atoms with van der Waals surface area (Å²) in [6, 6.07) is 8.05. The molecule has 6 rings (SSSR count). The molecule has 0 aliphatic heterocycles. The molecule has 4 aromatic rings. The molecule has 2 aliphatic rings. The largest absolute Gasteiger partial charge is 0.458 e. The number of ether oxygens (including phenoxy) is 1. The second-order valence-electron chi connectivity index (χ2n) is 12.7. The summed E-state index contributed by atoms with van der Waals surface area (Å²) in [4.78, 5) is 0. The van der Waals surface area contributed by atoms with Gasteiger partial charge in [-0.1, -0.05) is 43.9 Å². The molecule has 1 nitrogen and oxygen atoms in total. The van der Waals surface area contributed by atoms with Gasteiger partial charge in [-0.3, -0.25) is 0 Å². The minimum absolute atomic E-state index is 0.0165. The molecule has 0 heterocycles. The van der Waals surface area contributed by atoms with E-state index in [1.54, 1.807) is 6.07 Å². The van der Waals surface area contributed by atoms with Crippen molar-refractivity contribution in [2.75, 3.05) is 0 Å². The fourth-order valence-electron chi connectivity index (χ4n) is 7.03. The van der Waals surface area contributed by atoms with Gasteiger partial charge < -0.3 is 4.74 Å². The van der Waals surface area contributed by atoms with E-state index >= 15 is 17.6 Å². The van der Waals surface area contributed by atoms with E-state index < -0.39 is 69.0 Å². The zero-order valence-electron chi connectivity index (χ0n) is 25.5. The van der Waals surface area contributed by atoms with Gasteiger partial charge in [0, 0.05) is 12.0 Å². The molecule has 0 N–H and O–H groups in total. The van der Waals surface area contributed by atoms with Gasteiger partial charge in [0.1, 0.15) is 34.6 Å². The van der Waals surface area contributed by atoms with E-state index in [1.807, 2.05) is 12.1 Å². The number of benzene rings is 4. The lowest BCUT2D eigenvalue weighted by atomic mass is 9.70. The molecule has 0 aromatic heterocycles. The molecule has 11 heteroatoms. The topological polar surface area (TPSA) is 9.23 Å². The predicted molar refractivity (Wildman–Crippen MR) is 160 cm³/mol. The van der Waals surface area contributed by atoms with Crippen LogP contribution in [0.3, 0.4) is 0 Å².